The first kappa shape index (κ1) is 21.7. The van der Waals surface area contributed by atoms with Crippen LogP contribution in [0.1, 0.15) is 40.9 Å². The number of nitrogens with zero attached hydrogens (tertiary/aromatic N) is 2. The van der Waals surface area contributed by atoms with Gasteiger partial charge in [0.2, 0.25) is 5.69 Å². The van der Waals surface area contributed by atoms with Crippen molar-refractivity contribution in [1.82, 2.24) is 4.90 Å². The van der Waals surface area contributed by atoms with E-state index in [1.54, 1.807) is 18.2 Å². The number of amides is 1. The van der Waals surface area contributed by atoms with Crippen molar-refractivity contribution in [2.24, 2.45) is 5.73 Å². The van der Waals surface area contributed by atoms with Gasteiger partial charge >= 0.3 is 0 Å². The van der Waals surface area contributed by atoms with Crippen LogP contribution < -0.4 is 5.73 Å². The van der Waals surface area contributed by atoms with E-state index in [4.69, 9.17) is 12.3 Å². The summed E-state index contributed by atoms with van der Waals surface area (Å²) in [6, 6.07) is 11.4. The Morgan fingerprint density at radius 1 is 1.06 bits per heavy atom. The Morgan fingerprint density at radius 3 is 2.42 bits per heavy atom. The lowest BCUT2D eigenvalue weighted by atomic mass is 9.97. The van der Waals surface area contributed by atoms with Crippen molar-refractivity contribution in [3.63, 3.8) is 0 Å². The van der Waals surface area contributed by atoms with E-state index >= 15 is 0 Å². The van der Waals surface area contributed by atoms with Crippen LogP contribution >= 0.6 is 11.3 Å². The third-order valence-corrected chi connectivity index (χ3v) is 7.85. The van der Waals surface area contributed by atoms with Crippen LogP contribution in [0.15, 0.2) is 42.5 Å². The molecule has 3 heterocycles. The lowest BCUT2D eigenvalue weighted by Gasteiger charge is -2.37. The van der Waals surface area contributed by atoms with Crippen LogP contribution in [0.2, 0.25) is 0 Å². The Hall–Kier alpha value is -3.08. The van der Waals surface area contributed by atoms with Gasteiger partial charge in [-0.15, -0.1) is 11.3 Å². The zero-order valence-corrected chi connectivity index (χ0v) is 19.0. The number of hydrogen-bond acceptors (Lipinski definition) is 3. The second-order valence-corrected chi connectivity index (χ2v) is 10.00. The number of benzene rings is 2. The van der Waals surface area contributed by atoms with Crippen molar-refractivity contribution in [1.29, 1.82) is 0 Å². The number of halogens is 2. The Kier molecular flexibility index (Phi) is 5.51. The van der Waals surface area contributed by atoms with Gasteiger partial charge in [0.05, 0.1) is 11.4 Å². The van der Waals surface area contributed by atoms with Crippen LogP contribution in [0.4, 0.5) is 14.5 Å². The van der Waals surface area contributed by atoms with E-state index < -0.39 is 5.82 Å². The van der Waals surface area contributed by atoms with E-state index in [9.17, 15) is 13.6 Å². The summed E-state index contributed by atoms with van der Waals surface area (Å²) in [5.41, 5.74) is 8.35. The fourth-order valence-corrected chi connectivity index (χ4v) is 6.31. The molecule has 168 valence electrons. The summed E-state index contributed by atoms with van der Waals surface area (Å²) >= 11 is 1.23. The van der Waals surface area contributed by atoms with Crippen molar-refractivity contribution in [3.05, 3.63) is 76.0 Å². The molecule has 1 aromatic heterocycles. The van der Waals surface area contributed by atoms with Gasteiger partial charge in [-0.2, -0.15) is 0 Å². The molecule has 0 radical (unpaired) electrons. The van der Waals surface area contributed by atoms with Crippen molar-refractivity contribution in [2.45, 2.75) is 50.7 Å². The lowest BCUT2D eigenvalue weighted by molar-refractivity contribution is 0.0580. The summed E-state index contributed by atoms with van der Waals surface area (Å²) in [7, 11) is 0. The first-order chi connectivity index (χ1) is 15.9. The molecule has 2 unspecified atom stereocenters. The molecule has 2 aliphatic rings. The summed E-state index contributed by atoms with van der Waals surface area (Å²) < 4.78 is 29.4. The van der Waals surface area contributed by atoms with E-state index in [0.29, 0.717) is 26.4 Å². The number of carbonyl (C=O) groups excluding carboxylic acids is 1. The van der Waals surface area contributed by atoms with E-state index in [-0.39, 0.29) is 35.5 Å². The molecule has 5 rings (SSSR count). The fourth-order valence-electron chi connectivity index (χ4n) is 5.16. The van der Waals surface area contributed by atoms with Gasteiger partial charge in [-0.05, 0) is 61.9 Å². The second-order valence-electron chi connectivity index (χ2n) is 8.94. The summed E-state index contributed by atoms with van der Waals surface area (Å²) in [4.78, 5) is 19.8. The molecule has 0 spiro atoms. The predicted octanol–water partition coefficient (Wildman–Crippen LogP) is 6.31. The minimum atomic E-state index is -0.639. The van der Waals surface area contributed by atoms with E-state index in [0.717, 1.165) is 31.2 Å². The minimum absolute atomic E-state index is 0.0716. The Balaban J connectivity index is 1.62. The molecule has 2 bridgehead atoms. The number of carbonyl (C=O) groups is 1. The molecule has 33 heavy (non-hydrogen) atoms. The number of nitrogens with two attached hydrogens (primary N) is 1. The van der Waals surface area contributed by atoms with Crippen LogP contribution in [-0.2, 0) is 0 Å². The highest BCUT2D eigenvalue weighted by Gasteiger charge is 2.43. The normalized spacial score (nSPS) is 21.8. The fraction of sp³-hybridized carbons (Fsp3) is 0.308. The predicted molar refractivity (Wildman–Crippen MR) is 126 cm³/mol. The molecule has 2 atom stereocenters. The van der Waals surface area contributed by atoms with Gasteiger partial charge in [0.15, 0.2) is 0 Å². The molecule has 0 aliphatic carbocycles. The van der Waals surface area contributed by atoms with Crippen LogP contribution in [0.25, 0.3) is 26.4 Å². The molecule has 2 N–H and O–H groups in total. The molecule has 2 saturated heterocycles. The van der Waals surface area contributed by atoms with Crippen molar-refractivity contribution >= 4 is 22.9 Å². The molecule has 7 heteroatoms. The number of hydrogen-bond donors (Lipinski definition) is 1. The minimum Gasteiger partial charge on any atom is -0.332 e. The van der Waals surface area contributed by atoms with Gasteiger partial charge in [0, 0.05) is 34.1 Å². The molecular weight excluding hydrogens is 440 g/mol. The highest BCUT2D eigenvalue weighted by atomic mass is 32.1. The topological polar surface area (TPSA) is 50.7 Å². The van der Waals surface area contributed by atoms with Crippen LogP contribution in [-0.4, -0.2) is 28.9 Å². The Labute approximate surface area is 195 Å². The number of rotatable bonds is 3. The number of fused-ring (bicyclic) bond motifs is 2. The maximum absolute atomic E-state index is 15.0. The first-order valence-electron chi connectivity index (χ1n) is 11.0. The zero-order valence-electron chi connectivity index (χ0n) is 18.1. The summed E-state index contributed by atoms with van der Waals surface area (Å²) in [5, 5.41) is 0. The van der Waals surface area contributed by atoms with Gasteiger partial charge in [-0.3, -0.25) is 4.79 Å². The quantitative estimate of drug-likeness (QED) is 0.463. The first-order valence-corrected chi connectivity index (χ1v) is 11.8. The summed E-state index contributed by atoms with van der Waals surface area (Å²) in [6.07, 6.45) is 3.49. The monoisotopic (exact) mass is 463 g/mol. The van der Waals surface area contributed by atoms with Gasteiger partial charge in [-0.25, -0.2) is 13.6 Å². The number of aryl methyl sites for hydroxylation is 1. The molecule has 4 nitrogen and oxygen atoms in total. The van der Waals surface area contributed by atoms with Crippen molar-refractivity contribution in [3.8, 4) is 21.6 Å². The molecule has 0 saturated carbocycles. The Morgan fingerprint density at radius 2 is 1.79 bits per heavy atom. The highest BCUT2D eigenvalue weighted by Crippen LogP contribution is 2.44. The van der Waals surface area contributed by atoms with Crippen molar-refractivity contribution < 1.29 is 13.6 Å². The van der Waals surface area contributed by atoms with E-state index in [1.165, 1.54) is 29.5 Å². The number of thiophene rings is 1. The molecule has 2 fully saturated rings. The molecule has 3 aromatic rings. The smallest absolute Gasteiger partial charge is 0.264 e. The maximum atomic E-state index is 15.0. The maximum Gasteiger partial charge on any atom is 0.264 e. The van der Waals surface area contributed by atoms with Gasteiger partial charge in [0.1, 0.15) is 11.6 Å². The second kappa shape index (κ2) is 8.36. The third kappa shape index (κ3) is 3.84. The molecular formula is C26H23F2N3OS. The molecule has 1 amide bonds. The lowest BCUT2D eigenvalue weighted by Crippen LogP contribution is -2.49. The van der Waals surface area contributed by atoms with E-state index in [2.05, 4.69) is 4.85 Å². The summed E-state index contributed by atoms with van der Waals surface area (Å²) in [6.45, 7) is 8.91. The van der Waals surface area contributed by atoms with E-state index in [1.807, 2.05) is 17.9 Å². The largest absolute Gasteiger partial charge is 0.332 e. The Bertz CT molecular complexity index is 1280. The standard InChI is InChI=1S/C26H23F2N3OS/c1-14-3-7-19(21(27)9-14)25-20(15-4-8-23(30-2)22(28)10-15)13-24(33-25)26(32)31-17-5-6-18(31)12-16(29)11-17/h3-4,7-10,13,16-18H,5-6,11-12,29H2,1H3. The average molecular weight is 464 g/mol. The SMILES string of the molecule is [C-]#[N+]c1ccc(-c2cc(C(=O)N3C4CCC3CC(N)C4)sc2-c2ccc(C)cc2F)cc1F. The van der Waals surface area contributed by atoms with Gasteiger partial charge in [-0.1, -0.05) is 24.3 Å². The third-order valence-electron chi connectivity index (χ3n) is 6.70. The summed E-state index contributed by atoms with van der Waals surface area (Å²) in [5.74, 6) is -1.10. The van der Waals surface area contributed by atoms with Crippen LogP contribution in [0.5, 0.6) is 0 Å². The molecule has 2 aliphatic heterocycles. The van der Waals surface area contributed by atoms with Crippen LogP contribution in [0.3, 0.4) is 0 Å². The zero-order chi connectivity index (χ0) is 23.3. The molecule has 2 aromatic carbocycles. The van der Waals surface area contributed by atoms with Gasteiger partial charge in [0.25, 0.3) is 5.91 Å². The number of piperidine rings is 1. The van der Waals surface area contributed by atoms with Crippen LogP contribution in [0, 0.1) is 25.1 Å². The highest BCUT2D eigenvalue weighted by molar-refractivity contribution is 7.18. The average Bonchev–Trinajstić information content (AvgIpc) is 3.33. The van der Waals surface area contributed by atoms with Gasteiger partial charge < -0.3 is 10.6 Å². The van der Waals surface area contributed by atoms with Crippen molar-refractivity contribution in [2.75, 3.05) is 0 Å².